The molecule has 3 rings (SSSR count). The number of nitrogens with zero attached hydrogens (tertiary/aromatic N) is 2. The van der Waals surface area contributed by atoms with Gasteiger partial charge in [-0.25, -0.2) is 4.99 Å². The van der Waals surface area contributed by atoms with E-state index in [4.69, 9.17) is 11.6 Å². The van der Waals surface area contributed by atoms with Gasteiger partial charge < -0.3 is 10.2 Å². The van der Waals surface area contributed by atoms with Crippen molar-refractivity contribution < 1.29 is 0 Å². The number of halogens is 1. The second-order valence-electron chi connectivity index (χ2n) is 9.08. The summed E-state index contributed by atoms with van der Waals surface area (Å²) in [7, 11) is 0. The van der Waals surface area contributed by atoms with Gasteiger partial charge >= 0.3 is 0 Å². The zero-order chi connectivity index (χ0) is 19.4. The predicted octanol–water partition coefficient (Wildman–Crippen LogP) is 5.91. The van der Waals surface area contributed by atoms with Crippen LogP contribution in [0.4, 0.5) is 0 Å². The Balaban J connectivity index is 1.62. The quantitative estimate of drug-likeness (QED) is 0.679. The van der Waals surface area contributed by atoms with Crippen molar-refractivity contribution in [2.24, 2.45) is 16.3 Å². The Morgan fingerprint density at radius 3 is 2.37 bits per heavy atom. The third-order valence-corrected chi connectivity index (χ3v) is 6.57. The van der Waals surface area contributed by atoms with Gasteiger partial charge in [-0.3, -0.25) is 0 Å². The van der Waals surface area contributed by atoms with Gasteiger partial charge in [0.25, 0.3) is 0 Å². The van der Waals surface area contributed by atoms with Gasteiger partial charge in [0.2, 0.25) is 0 Å². The Morgan fingerprint density at radius 2 is 1.78 bits per heavy atom. The maximum Gasteiger partial charge on any atom is 0.144 e. The van der Waals surface area contributed by atoms with Gasteiger partial charge in [0, 0.05) is 12.6 Å². The van der Waals surface area contributed by atoms with Gasteiger partial charge in [-0.1, -0.05) is 69.6 Å². The van der Waals surface area contributed by atoms with Crippen molar-refractivity contribution in [2.45, 2.75) is 78.4 Å². The van der Waals surface area contributed by atoms with E-state index in [-0.39, 0.29) is 6.04 Å². The van der Waals surface area contributed by atoms with E-state index < -0.39 is 0 Å². The van der Waals surface area contributed by atoms with Crippen LogP contribution in [-0.2, 0) is 6.54 Å². The molecule has 0 spiro atoms. The number of nitrogens with one attached hydrogen (secondary N) is 1. The van der Waals surface area contributed by atoms with Gasteiger partial charge in [0.15, 0.2) is 0 Å². The van der Waals surface area contributed by atoms with Crippen molar-refractivity contribution in [2.75, 3.05) is 0 Å². The molecule has 0 saturated heterocycles. The number of aliphatic imine (C=N–C) groups is 1. The van der Waals surface area contributed by atoms with E-state index in [1.165, 1.54) is 31.2 Å². The molecule has 1 heterocycles. The molecule has 1 aliphatic heterocycles. The van der Waals surface area contributed by atoms with Crippen molar-refractivity contribution in [1.29, 1.82) is 0 Å². The van der Waals surface area contributed by atoms with Crippen LogP contribution in [0, 0.1) is 11.3 Å². The first-order chi connectivity index (χ1) is 12.9. The summed E-state index contributed by atoms with van der Waals surface area (Å²) in [6.07, 6.45) is 7.92. The molecule has 1 unspecified atom stereocenters. The molecule has 4 heteroatoms. The van der Waals surface area contributed by atoms with Crippen LogP contribution in [0.1, 0.15) is 65.4 Å². The summed E-state index contributed by atoms with van der Waals surface area (Å²) < 4.78 is 0. The molecule has 1 aromatic rings. The molecule has 0 radical (unpaired) electrons. The smallest absolute Gasteiger partial charge is 0.144 e. The van der Waals surface area contributed by atoms with Crippen LogP contribution in [0.3, 0.4) is 0 Å². The van der Waals surface area contributed by atoms with Gasteiger partial charge in [-0.2, -0.15) is 0 Å². The highest BCUT2D eigenvalue weighted by molar-refractivity contribution is 6.30. The van der Waals surface area contributed by atoms with E-state index in [1.807, 2.05) is 12.4 Å². The van der Waals surface area contributed by atoms with Crippen LogP contribution in [0.25, 0.3) is 0 Å². The first-order valence-corrected chi connectivity index (χ1v) is 10.8. The number of hydrogen-bond acceptors (Lipinski definition) is 3. The molecule has 1 fully saturated rings. The third kappa shape index (κ3) is 5.07. The molecule has 27 heavy (non-hydrogen) atoms. The Bertz CT molecular complexity index is 667. The maximum absolute atomic E-state index is 6.79. The summed E-state index contributed by atoms with van der Waals surface area (Å²) >= 11 is 6.79. The molecule has 2 aliphatic rings. The minimum absolute atomic E-state index is 0.192. The van der Waals surface area contributed by atoms with Gasteiger partial charge in [0.05, 0.1) is 17.4 Å². The number of rotatable bonds is 5. The van der Waals surface area contributed by atoms with Crippen molar-refractivity contribution >= 4 is 17.9 Å². The summed E-state index contributed by atoms with van der Waals surface area (Å²) in [6, 6.07) is 11.2. The molecule has 1 aromatic carbocycles. The molecule has 1 aliphatic carbocycles. The van der Waals surface area contributed by atoms with E-state index in [2.05, 4.69) is 67.2 Å². The minimum atomic E-state index is 0.192. The van der Waals surface area contributed by atoms with Crippen LogP contribution >= 0.6 is 11.6 Å². The van der Waals surface area contributed by atoms with Gasteiger partial charge in [-0.05, 0) is 49.0 Å². The Hall–Kier alpha value is -1.48. The van der Waals surface area contributed by atoms with Crippen LogP contribution in [0.5, 0.6) is 0 Å². The number of benzene rings is 1. The van der Waals surface area contributed by atoms with E-state index in [1.54, 1.807) is 0 Å². The molecule has 0 bridgehead atoms. The van der Waals surface area contributed by atoms with Gasteiger partial charge in [0.1, 0.15) is 5.82 Å². The Morgan fingerprint density at radius 1 is 1.11 bits per heavy atom. The average molecular weight is 388 g/mol. The highest BCUT2D eigenvalue weighted by atomic mass is 35.5. The molecule has 0 aromatic heterocycles. The predicted molar refractivity (Wildman–Crippen MR) is 116 cm³/mol. The standard InChI is InChI=1S/C23H34ClN3/c1-5-20-21(24)22(25-16-27(20)15-17-9-7-6-8-10-17)26-19-13-11-18(12-14-19)23(2,3)4/h6-10,16,18-20,26H,5,11-15H2,1-4H3. The Kier molecular flexibility index (Phi) is 6.52. The molecule has 3 nitrogen and oxygen atoms in total. The minimum Gasteiger partial charge on any atom is -0.366 e. The highest BCUT2D eigenvalue weighted by Gasteiger charge is 2.31. The lowest BCUT2D eigenvalue weighted by molar-refractivity contribution is 0.163. The first-order valence-electron chi connectivity index (χ1n) is 10.4. The maximum atomic E-state index is 6.79. The summed E-state index contributed by atoms with van der Waals surface area (Å²) in [4.78, 5) is 6.93. The van der Waals surface area contributed by atoms with Crippen molar-refractivity contribution in [3.63, 3.8) is 0 Å². The van der Waals surface area contributed by atoms with Crippen LogP contribution in [-0.4, -0.2) is 23.3 Å². The highest BCUT2D eigenvalue weighted by Crippen LogP contribution is 2.38. The average Bonchev–Trinajstić information content (AvgIpc) is 2.65. The fourth-order valence-electron chi connectivity index (χ4n) is 4.34. The fraction of sp³-hybridized carbons (Fsp3) is 0.609. The van der Waals surface area contributed by atoms with E-state index in [0.717, 1.165) is 29.7 Å². The lowest BCUT2D eigenvalue weighted by atomic mass is 9.71. The van der Waals surface area contributed by atoms with Crippen LogP contribution in [0.2, 0.25) is 0 Å². The van der Waals surface area contributed by atoms with Crippen molar-refractivity contribution in [3.8, 4) is 0 Å². The molecular weight excluding hydrogens is 354 g/mol. The third-order valence-electron chi connectivity index (χ3n) is 6.14. The normalized spacial score (nSPS) is 26.4. The van der Waals surface area contributed by atoms with E-state index in [9.17, 15) is 0 Å². The zero-order valence-corrected chi connectivity index (χ0v) is 18.0. The number of hydrogen-bond donors (Lipinski definition) is 1. The van der Waals surface area contributed by atoms with E-state index >= 15 is 0 Å². The van der Waals surface area contributed by atoms with Crippen molar-refractivity contribution in [3.05, 3.63) is 46.7 Å². The summed E-state index contributed by atoms with van der Waals surface area (Å²) in [5.41, 5.74) is 1.69. The molecule has 0 amide bonds. The molecule has 1 saturated carbocycles. The largest absolute Gasteiger partial charge is 0.366 e. The summed E-state index contributed by atoms with van der Waals surface area (Å²) in [5.74, 6) is 1.70. The second-order valence-corrected chi connectivity index (χ2v) is 9.49. The van der Waals surface area contributed by atoms with Crippen molar-refractivity contribution in [1.82, 2.24) is 10.2 Å². The summed E-state index contributed by atoms with van der Waals surface area (Å²) in [6.45, 7) is 10.1. The SMILES string of the molecule is CCC1C(Cl)=C(NC2CCC(C(C)(C)C)CC2)N=CN1Cc1ccccc1. The molecule has 1 atom stereocenters. The molecule has 1 N–H and O–H groups in total. The lowest BCUT2D eigenvalue weighted by Crippen LogP contribution is -2.41. The summed E-state index contributed by atoms with van der Waals surface area (Å²) in [5, 5.41) is 4.51. The van der Waals surface area contributed by atoms with E-state index in [0.29, 0.717) is 11.5 Å². The van der Waals surface area contributed by atoms with Crippen LogP contribution < -0.4 is 5.32 Å². The fourth-order valence-corrected chi connectivity index (χ4v) is 4.72. The zero-order valence-electron chi connectivity index (χ0n) is 17.2. The van der Waals surface area contributed by atoms with Gasteiger partial charge in [-0.15, -0.1) is 0 Å². The Labute approximate surface area is 169 Å². The second kappa shape index (κ2) is 8.68. The molecular formula is C23H34ClN3. The first kappa shape index (κ1) is 20.3. The monoisotopic (exact) mass is 387 g/mol. The molecule has 148 valence electrons. The topological polar surface area (TPSA) is 27.6 Å². The van der Waals surface area contributed by atoms with Crippen LogP contribution in [0.15, 0.2) is 46.2 Å². The lowest BCUT2D eigenvalue weighted by Gasteiger charge is -2.38.